The van der Waals surface area contributed by atoms with Crippen LogP contribution >= 0.6 is 35.3 Å². The Kier molecular flexibility index (Phi) is 9.70. The van der Waals surface area contributed by atoms with E-state index in [9.17, 15) is 9.59 Å². The number of aromatic nitrogens is 1. The molecule has 1 aromatic carbocycles. The Labute approximate surface area is 198 Å². The van der Waals surface area contributed by atoms with Crippen molar-refractivity contribution in [2.24, 2.45) is 4.99 Å². The van der Waals surface area contributed by atoms with Gasteiger partial charge in [0.25, 0.3) is 11.8 Å². The zero-order valence-electron chi connectivity index (χ0n) is 17.3. The standard InChI is InChI=1S/C21H27N5O2S.HI/c1-3-15-13-24-18(29-15)14-25-21(22-4-2)23-11-7-8-12-26-19(27)16-9-5-6-10-17(16)20(26)28;/h5-6,9-10,13H,3-4,7-8,11-12,14H2,1-2H3,(H2,22,23,25);1H. The highest BCUT2D eigenvalue weighted by molar-refractivity contribution is 14.0. The van der Waals surface area contributed by atoms with Gasteiger partial charge in [-0.25, -0.2) is 9.98 Å². The van der Waals surface area contributed by atoms with E-state index in [2.05, 4.69) is 27.5 Å². The molecule has 162 valence electrons. The Bertz CT molecular complexity index is 864. The van der Waals surface area contributed by atoms with E-state index >= 15 is 0 Å². The third kappa shape index (κ3) is 6.00. The van der Waals surface area contributed by atoms with Gasteiger partial charge in [0.05, 0.1) is 17.7 Å². The summed E-state index contributed by atoms with van der Waals surface area (Å²) in [6, 6.07) is 6.99. The van der Waals surface area contributed by atoms with Crippen molar-refractivity contribution in [1.29, 1.82) is 0 Å². The summed E-state index contributed by atoms with van der Waals surface area (Å²) in [5.74, 6) is 0.369. The summed E-state index contributed by atoms with van der Waals surface area (Å²) in [7, 11) is 0. The summed E-state index contributed by atoms with van der Waals surface area (Å²) in [5, 5.41) is 7.54. The van der Waals surface area contributed by atoms with Crippen LogP contribution in [0.25, 0.3) is 0 Å². The van der Waals surface area contributed by atoms with E-state index in [0.29, 0.717) is 30.8 Å². The maximum atomic E-state index is 12.4. The van der Waals surface area contributed by atoms with Gasteiger partial charge in [0, 0.05) is 30.7 Å². The number of halogens is 1. The molecule has 0 fully saturated rings. The van der Waals surface area contributed by atoms with Crippen LogP contribution in [0.5, 0.6) is 0 Å². The predicted molar refractivity (Wildman–Crippen MR) is 131 cm³/mol. The molecule has 7 nitrogen and oxygen atoms in total. The van der Waals surface area contributed by atoms with Gasteiger partial charge >= 0.3 is 0 Å². The molecule has 9 heteroatoms. The molecular formula is C21H28IN5O2S. The number of carbonyl (C=O) groups is 2. The van der Waals surface area contributed by atoms with Crippen molar-refractivity contribution < 1.29 is 9.59 Å². The van der Waals surface area contributed by atoms with Crippen LogP contribution in [0.3, 0.4) is 0 Å². The third-order valence-electron chi connectivity index (χ3n) is 4.65. The number of imide groups is 1. The van der Waals surface area contributed by atoms with Crippen LogP contribution in [0.15, 0.2) is 35.5 Å². The van der Waals surface area contributed by atoms with Crippen molar-refractivity contribution in [2.75, 3.05) is 19.6 Å². The van der Waals surface area contributed by atoms with Crippen LogP contribution in [-0.2, 0) is 13.0 Å². The number of unbranched alkanes of at least 4 members (excludes halogenated alkanes) is 1. The fourth-order valence-electron chi connectivity index (χ4n) is 3.12. The lowest BCUT2D eigenvalue weighted by Gasteiger charge is -2.14. The van der Waals surface area contributed by atoms with Gasteiger partial charge in [-0.15, -0.1) is 35.3 Å². The molecule has 1 aliphatic heterocycles. The van der Waals surface area contributed by atoms with Gasteiger partial charge in [-0.2, -0.15) is 0 Å². The van der Waals surface area contributed by atoms with Crippen molar-refractivity contribution in [3.05, 3.63) is 51.5 Å². The number of fused-ring (bicyclic) bond motifs is 1. The molecule has 3 rings (SSSR count). The van der Waals surface area contributed by atoms with Crippen molar-refractivity contribution >= 4 is 53.1 Å². The van der Waals surface area contributed by atoms with Gasteiger partial charge in [-0.3, -0.25) is 14.5 Å². The second kappa shape index (κ2) is 12.0. The quantitative estimate of drug-likeness (QED) is 0.167. The highest BCUT2D eigenvalue weighted by atomic mass is 127. The number of rotatable bonds is 9. The number of hydrogen-bond donors (Lipinski definition) is 2. The molecule has 0 atom stereocenters. The first-order valence-corrected chi connectivity index (χ1v) is 10.9. The molecule has 0 spiro atoms. The second-order valence-electron chi connectivity index (χ2n) is 6.71. The Balaban J connectivity index is 0.00000320. The SMILES string of the molecule is CCNC(=NCc1ncc(CC)s1)NCCCCN1C(=O)c2ccccc2C1=O.I. The maximum absolute atomic E-state index is 12.4. The van der Waals surface area contributed by atoms with Crippen molar-refractivity contribution in [3.63, 3.8) is 0 Å². The van der Waals surface area contributed by atoms with E-state index in [1.807, 2.05) is 13.1 Å². The summed E-state index contributed by atoms with van der Waals surface area (Å²) in [6.45, 7) is 6.62. The topological polar surface area (TPSA) is 86.7 Å². The van der Waals surface area contributed by atoms with Crippen LogP contribution in [0.4, 0.5) is 0 Å². The molecule has 0 bridgehead atoms. The molecule has 0 saturated heterocycles. The second-order valence-corrected chi connectivity index (χ2v) is 7.91. The maximum Gasteiger partial charge on any atom is 0.261 e. The van der Waals surface area contributed by atoms with Crippen molar-refractivity contribution in [2.45, 2.75) is 39.7 Å². The van der Waals surface area contributed by atoms with Crippen LogP contribution < -0.4 is 10.6 Å². The van der Waals surface area contributed by atoms with Crippen LogP contribution in [0.2, 0.25) is 0 Å². The molecule has 1 aliphatic rings. The van der Waals surface area contributed by atoms with Gasteiger partial charge in [-0.1, -0.05) is 19.1 Å². The largest absolute Gasteiger partial charge is 0.357 e. The summed E-state index contributed by atoms with van der Waals surface area (Å²) in [4.78, 5) is 36.3. The molecule has 0 unspecified atom stereocenters. The predicted octanol–water partition coefficient (Wildman–Crippen LogP) is 3.46. The number of aryl methyl sites for hydroxylation is 1. The Morgan fingerprint density at radius 1 is 1.10 bits per heavy atom. The van der Waals surface area contributed by atoms with Gasteiger partial charge in [-0.05, 0) is 38.3 Å². The Morgan fingerprint density at radius 2 is 1.80 bits per heavy atom. The zero-order chi connectivity index (χ0) is 20.6. The highest BCUT2D eigenvalue weighted by Crippen LogP contribution is 2.22. The van der Waals surface area contributed by atoms with Crippen LogP contribution in [0, 0.1) is 0 Å². The normalized spacial score (nSPS) is 13.3. The third-order valence-corrected chi connectivity index (χ3v) is 5.77. The summed E-state index contributed by atoms with van der Waals surface area (Å²) in [5.41, 5.74) is 1.01. The first kappa shape index (κ1) is 24.3. The summed E-state index contributed by atoms with van der Waals surface area (Å²) in [6.07, 6.45) is 4.47. The average Bonchev–Trinajstić information content (AvgIpc) is 3.30. The molecule has 30 heavy (non-hydrogen) atoms. The Hall–Kier alpha value is -2.01. The average molecular weight is 541 g/mol. The van der Waals surface area contributed by atoms with E-state index in [4.69, 9.17) is 0 Å². The van der Waals surface area contributed by atoms with E-state index < -0.39 is 0 Å². The van der Waals surface area contributed by atoms with Gasteiger partial charge in [0.2, 0.25) is 0 Å². The minimum atomic E-state index is -0.191. The van der Waals surface area contributed by atoms with E-state index in [-0.39, 0.29) is 35.8 Å². The number of benzene rings is 1. The lowest BCUT2D eigenvalue weighted by Crippen LogP contribution is -2.38. The number of nitrogens with one attached hydrogen (secondary N) is 2. The Morgan fingerprint density at radius 3 is 2.40 bits per heavy atom. The fraction of sp³-hybridized carbons (Fsp3) is 0.429. The van der Waals surface area contributed by atoms with Gasteiger partial charge in [0.1, 0.15) is 5.01 Å². The molecule has 0 aliphatic carbocycles. The van der Waals surface area contributed by atoms with E-state index in [0.717, 1.165) is 36.8 Å². The molecule has 1 aromatic heterocycles. The van der Waals surface area contributed by atoms with Gasteiger partial charge < -0.3 is 10.6 Å². The number of guanidine groups is 1. The summed E-state index contributed by atoms with van der Waals surface area (Å²) < 4.78 is 0. The van der Waals surface area contributed by atoms with Gasteiger partial charge in [0.15, 0.2) is 5.96 Å². The molecule has 0 radical (unpaired) electrons. The number of amides is 2. The van der Waals surface area contributed by atoms with Crippen LogP contribution in [-0.4, -0.2) is 47.3 Å². The minimum Gasteiger partial charge on any atom is -0.357 e. The van der Waals surface area contributed by atoms with Crippen LogP contribution in [0.1, 0.15) is 57.3 Å². The monoisotopic (exact) mass is 541 g/mol. The molecular weight excluding hydrogens is 513 g/mol. The number of aliphatic imine (C=N–C) groups is 1. The number of thiazole rings is 1. The number of carbonyl (C=O) groups excluding carboxylic acids is 2. The zero-order valence-corrected chi connectivity index (χ0v) is 20.5. The first-order chi connectivity index (χ1) is 14.1. The number of nitrogens with zero attached hydrogens (tertiary/aromatic N) is 3. The molecule has 0 saturated carbocycles. The smallest absolute Gasteiger partial charge is 0.261 e. The van der Waals surface area contributed by atoms with E-state index in [1.54, 1.807) is 35.6 Å². The minimum absolute atomic E-state index is 0. The fourth-order valence-corrected chi connectivity index (χ4v) is 3.90. The first-order valence-electron chi connectivity index (χ1n) is 10.0. The van der Waals surface area contributed by atoms with Crippen molar-refractivity contribution in [3.8, 4) is 0 Å². The van der Waals surface area contributed by atoms with E-state index in [1.165, 1.54) is 9.78 Å². The highest BCUT2D eigenvalue weighted by Gasteiger charge is 2.34. The lowest BCUT2D eigenvalue weighted by molar-refractivity contribution is 0.0652. The molecule has 2 N–H and O–H groups in total. The van der Waals surface area contributed by atoms with Crippen molar-refractivity contribution in [1.82, 2.24) is 20.5 Å². The summed E-state index contributed by atoms with van der Waals surface area (Å²) >= 11 is 1.69. The lowest BCUT2D eigenvalue weighted by atomic mass is 10.1. The molecule has 2 heterocycles. The number of hydrogen-bond acceptors (Lipinski definition) is 5. The molecule has 2 aromatic rings. The molecule has 2 amide bonds.